The van der Waals surface area contributed by atoms with Crippen molar-refractivity contribution in [1.82, 2.24) is 4.57 Å². The van der Waals surface area contributed by atoms with E-state index in [1.54, 1.807) is 0 Å². The molecule has 1 heterocycles. The van der Waals surface area contributed by atoms with Crippen LogP contribution < -0.4 is 10.8 Å². The molecular formula is C18H17N2O4-. The van der Waals surface area contributed by atoms with E-state index < -0.39 is 24.4 Å². The van der Waals surface area contributed by atoms with E-state index in [0.29, 0.717) is 6.54 Å². The van der Waals surface area contributed by atoms with Gasteiger partial charge in [-0.25, -0.2) is 0 Å². The van der Waals surface area contributed by atoms with Gasteiger partial charge in [-0.15, -0.1) is 0 Å². The van der Waals surface area contributed by atoms with Gasteiger partial charge in [0.2, 0.25) is 0 Å². The summed E-state index contributed by atoms with van der Waals surface area (Å²) in [5.74, 6) is -2.11. The summed E-state index contributed by atoms with van der Waals surface area (Å²) in [5, 5.41) is 12.8. The van der Waals surface area contributed by atoms with Crippen molar-refractivity contribution < 1.29 is 19.4 Å². The zero-order valence-corrected chi connectivity index (χ0v) is 13.0. The number of rotatable bonds is 6. The van der Waals surface area contributed by atoms with E-state index in [-0.39, 0.29) is 6.61 Å². The molecule has 0 aliphatic carbocycles. The van der Waals surface area contributed by atoms with Crippen LogP contribution in [-0.2, 0) is 20.9 Å². The van der Waals surface area contributed by atoms with E-state index in [4.69, 9.17) is 10.5 Å². The quantitative estimate of drug-likeness (QED) is 0.676. The average molecular weight is 325 g/mol. The van der Waals surface area contributed by atoms with E-state index >= 15 is 0 Å². The Balaban J connectivity index is 1.75. The molecule has 0 bridgehead atoms. The van der Waals surface area contributed by atoms with Gasteiger partial charge in [-0.05, 0) is 12.1 Å². The van der Waals surface area contributed by atoms with E-state index in [1.807, 2.05) is 36.4 Å². The minimum absolute atomic E-state index is 0.140. The molecule has 2 N–H and O–H groups in total. The third-order valence-electron chi connectivity index (χ3n) is 3.95. The van der Waals surface area contributed by atoms with Gasteiger partial charge in [-0.1, -0.05) is 36.4 Å². The Hall–Kier alpha value is -2.86. The van der Waals surface area contributed by atoms with E-state index in [2.05, 4.69) is 16.7 Å². The van der Waals surface area contributed by atoms with Crippen molar-refractivity contribution in [2.24, 2.45) is 5.73 Å². The number of hydrogen-bond donors (Lipinski definition) is 1. The molecule has 3 aromatic rings. The van der Waals surface area contributed by atoms with Crippen LogP contribution in [-0.4, -0.2) is 29.2 Å². The first-order valence-electron chi connectivity index (χ1n) is 7.66. The van der Waals surface area contributed by atoms with Crippen LogP contribution in [0.3, 0.4) is 0 Å². The maximum atomic E-state index is 11.6. The lowest BCUT2D eigenvalue weighted by Crippen LogP contribution is -2.43. The number of aliphatic carboxylic acids is 1. The number of esters is 1. The first-order valence-corrected chi connectivity index (χ1v) is 7.66. The van der Waals surface area contributed by atoms with Gasteiger partial charge in [0.1, 0.15) is 6.61 Å². The highest BCUT2D eigenvalue weighted by molar-refractivity contribution is 6.07. The predicted molar refractivity (Wildman–Crippen MR) is 88.0 cm³/mol. The number of ether oxygens (including phenoxy) is 1. The molecule has 0 saturated heterocycles. The fourth-order valence-electron chi connectivity index (χ4n) is 2.82. The lowest BCUT2D eigenvalue weighted by molar-refractivity contribution is -0.307. The number of hydrogen-bond acceptors (Lipinski definition) is 5. The summed E-state index contributed by atoms with van der Waals surface area (Å²) >= 11 is 0. The van der Waals surface area contributed by atoms with Crippen LogP contribution in [0.5, 0.6) is 0 Å². The third-order valence-corrected chi connectivity index (χ3v) is 3.95. The first-order chi connectivity index (χ1) is 11.6. The lowest BCUT2D eigenvalue weighted by atomic mass is 10.2. The van der Waals surface area contributed by atoms with Gasteiger partial charge in [-0.3, -0.25) is 4.79 Å². The van der Waals surface area contributed by atoms with Crippen molar-refractivity contribution in [3.8, 4) is 0 Å². The number of benzene rings is 2. The van der Waals surface area contributed by atoms with E-state index in [0.717, 1.165) is 21.8 Å². The summed E-state index contributed by atoms with van der Waals surface area (Å²) in [7, 11) is 0. The molecule has 1 atom stereocenters. The van der Waals surface area contributed by atoms with Gasteiger partial charge in [0.25, 0.3) is 0 Å². The molecule has 24 heavy (non-hydrogen) atoms. The topological polar surface area (TPSA) is 97.4 Å². The van der Waals surface area contributed by atoms with Crippen molar-refractivity contribution in [2.45, 2.75) is 19.0 Å². The Kier molecular flexibility index (Phi) is 4.48. The summed E-state index contributed by atoms with van der Waals surface area (Å²) in [4.78, 5) is 22.2. The highest BCUT2D eigenvalue weighted by atomic mass is 16.5. The van der Waals surface area contributed by atoms with E-state index in [9.17, 15) is 14.7 Å². The van der Waals surface area contributed by atoms with Crippen LogP contribution >= 0.6 is 0 Å². The minimum Gasteiger partial charge on any atom is -0.548 e. The molecule has 0 fully saturated rings. The Morgan fingerprint density at radius 1 is 1.04 bits per heavy atom. The Morgan fingerprint density at radius 2 is 1.58 bits per heavy atom. The number of aromatic nitrogens is 1. The Morgan fingerprint density at radius 3 is 2.12 bits per heavy atom. The molecule has 0 amide bonds. The van der Waals surface area contributed by atoms with Crippen molar-refractivity contribution in [1.29, 1.82) is 0 Å². The smallest absolute Gasteiger partial charge is 0.307 e. The number of carbonyl (C=O) groups excluding carboxylic acids is 2. The molecule has 0 unspecified atom stereocenters. The average Bonchev–Trinajstić information content (AvgIpc) is 2.89. The summed E-state index contributed by atoms with van der Waals surface area (Å²) in [5.41, 5.74) is 7.38. The fraction of sp³-hybridized carbons (Fsp3) is 0.222. The van der Waals surface area contributed by atoms with Crippen LogP contribution in [0.2, 0.25) is 0 Å². The number of nitrogens with zero attached hydrogens (tertiary/aromatic N) is 1. The van der Waals surface area contributed by atoms with E-state index in [1.165, 1.54) is 0 Å². The Bertz CT molecular complexity index is 847. The monoisotopic (exact) mass is 325 g/mol. The molecule has 124 valence electrons. The van der Waals surface area contributed by atoms with Crippen molar-refractivity contribution in [3.05, 3.63) is 48.5 Å². The van der Waals surface area contributed by atoms with Crippen LogP contribution in [0, 0.1) is 0 Å². The molecule has 0 saturated carbocycles. The number of carboxylic acid groups (broad SMARTS) is 1. The predicted octanol–water partition coefficient (Wildman–Crippen LogP) is 0.805. The molecule has 0 spiro atoms. The second-order valence-corrected chi connectivity index (χ2v) is 5.54. The molecule has 6 heteroatoms. The van der Waals surface area contributed by atoms with Gasteiger partial charge in [-0.2, -0.15) is 0 Å². The standard InChI is InChI=1S/C18H18N2O4/c19-14(18(22)23)11-17(21)24-10-9-20-15-7-3-1-5-12(15)13-6-2-4-8-16(13)20/h1-8,14H,9-11,19H2,(H,22,23)/p-1/t14-/m0/s1. The van der Waals surface area contributed by atoms with Crippen LogP contribution in [0.25, 0.3) is 21.8 Å². The molecule has 0 radical (unpaired) electrons. The highest BCUT2D eigenvalue weighted by Gasteiger charge is 2.13. The fourth-order valence-corrected chi connectivity index (χ4v) is 2.82. The Labute approximate surface area is 138 Å². The van der Waals surface area contributed by atoms with Crippen LogP contribution in [0.1, 0.15) is 6.42 Å². The molecule has 2 aromatic carbocycles. The summed E-state index contributed by atoms with van der Waals surface area (Å²) in [6.45, 7) is 0.613. The van der Waals surface area contributed by atoms with Gasteiger partial charge >= 0.3 is 5.97 Å². The lowest BCUT2D eigenvalue weighted by Gasteiger charge is -2.12. The first kappa shape index (κ1) is 16.0. The van der Waals surface area contributed by atoms with Crippen molar-refractivity contribution in [2.75, 3.05) is 6.61 Å². The molecule has 0 aliphatic rings. The number of nitrogens with two attached hydrogens (primary N) is 1. The van der Waals surface area contributed by atoms with Gasteiger partial charge < -0.3 is 24.9 Å². The molecule has 0 aliphatic heterocycles. The normalized spacial score (nSPS) is 12.4. The maximum absolute atomic E-state index is 11.6. The van der Waals surface area contributed by atoms with Gasteiger partial charge in [0, 0.05) is 21.8 Å². The summed E-state index contributed by atoms with van der Waals surface area (Å²) < 4.78 is 7.18. The largest absolute Gasteiger partial charge is 0.548 e. The van der Waals surface area contributed by atoms with Crippen LogP contribution in [0.4, 0.5) is 0 Å². The zero-order chi connectivity index (χ0) is 17.1. The number of carbonyl (C=O) groups is 2. The minimum atomic E-state index is -1.46. The second-order valence-electron chi connectivity index (χ2n) is 5.54. The SMILES string of the molecule is N[C@@H](CC(=O)OCCn1c2ccccc2c2ccccc21)C(=O)[O-]. The number of fused-ring (bicyclic) bond motifs is 3. The number of carboxylic acids is 1. The van der Waals surface area contributed by atoms with Gasteiger partial charge in [0.05, 0.1) is 25.0 Å². The molecule has 3 rings (SSSR count). The van der Waals surface area contributed by atoms with Gasteiger partial charge in [0.15, 0.2) is 0 Å². The molecule has 6 nitrogen and oxygen atoms in total. The summed E-state index contributed by atoms with van der Waals surface area (Å²) in [6.07, 6.45) is -0.393. The maximum Gasteiger partial charge on any atom is 0.307 e. The van der Waals surface area contributed by atoms with Crippen molar-refractivity contribution in [3.63, 3.8) is 0 Å². The highest BCUT2D eigenvalue weighted by Crippen LogP contribution is 2.28. The number of para-hydroxylation sites is 2. The third kappa shape index (κ3) is 3.09. The van der Waals surface area contributed by atoms with Crippen LogP contribution in [0.15, 0.2) is 48.5 Å². The molecule has 1 aromatic heterocycles. The zero-order valence-electron chi connectivity index (χ0n) is 13.0. The van der Waals surface area contributed by atoms with Crippen molar-refractivity contribution >= 4 is 33.7 Å². The summed E-state index contributed by atoms with van der Waals surface area (Å²) in [6, 6.07) is 14.7. The molecular weight excluding hydrogens is 308 g/mol. The second kappa shape index (κ2) is 6.72.